The van der Waals surface area contributed by atoms with Crippen molar-refractivity contribution in [1.82, 2.24) is 9.78 Å². The number of ether oxygens (including phenoxy) is 2. The van der Waals surface area contributed by atoms with Gasteiger partial charge in [0.05, 0.1) is 43.4 Å². The van der Waals surface area contributed by atoms with Crippen molar-refractivity contribution < 1.29 is 18.7 Å². The Morgan fingerprint density at radius 2 is 1.86 bits per heavy atom. The van der Waals surface area contributed by atoms with Crippen LogP contribution in [0.25, 0.3) is 0 Å². The monoisotopic (exact) mass is 383 g/mol. The van der Waals surface area contributed by atoms with Crippen LogP contribution in [0.15, 0.2) is 42.5 Å². The Hall–Kier alpha value is -3.35. The molecular formula is C21H22FN3O3. The Morgan fingerprint density at radius 1 is 1.11 bits per heavy atom. The lowest BCUT2D eigenvalue weighted by Crippen LogP contribution is -2.15. The number of nitrogens with one attached hydrogen (secondary N) is 1. The van der Waals surface area contributed by atoms with E-state index in [-0.39, 0.29) is 18.3 Å². The summed E-state index contributed by atoms with van der Waals surface area (Å²) in [6.07, 6.45) is 0. The van der Waals surface area contributed by atoms with Gasteiger partial charge in [-0.2, -0.15) is 5.10 Å². The number of amides is 1. The van der Waals surface area contributed by atoms with Gasteiger partial charge in [-0.05, 0) is 32.0 Å². The molecule has 0 saturated heterocycles. The summed E-state index contributed by atoms with van der Waals surface area (Å²) >= 11 is 0. The summed E-state index contributed by atoms with van der Waals surface area (Å²) in [4.78, 5) is 12.8. The molecule has 1 N–H and O–H groups in total. The highest BCUT2D eigenvalue weighted by Gasteiger charge is 2.20. The number of anilines is 1. The van der Waals surface area contributed by atoms with E-state index in [9.17, 15) is 9.18 Å². The normalized spacial score (nSPS) is 10.6. The highest BCUT2D eigenvalue weighted by molar-refractivity contribution is 6.07. The average Bonchev–Trinajstić information content (AvgIpc) is 2.96. The van der Waals surface area contributed by atoms with Crippen molar-refractivity contribution in [2.45, 2.75) is 20.4 Å². The first-order valence-electron chi connectivity index (χ1n) is 8.76. The van der Waals surface area contributed by atoms with Crippen LogP contribution >= 0.6 is 0 Å². The molecule has 0 radical (unpaired) electrons. The summed E-state index contributed by atoms with van der Waals surface area (Å²) in [5.74, 6) is 0.199. The van der Waals surface area contributed by atoms with E-state index in [1.807, 2.05) is 6.92 Å². The second-order valence-electron chi connectivity index (χ2n) is 6.29. The summed E-state index contributed by atoms with van der Waals surface area (Å²) in [6, 6.07) is 11.7. The standard InChI is InChI=1S/C21H22FN3O3/c1-13-19(14(2)25(24-13)12-15-8-5-6-10-17(15)22)23-21(26)16-9-7-11-18(27-3)20(16)28-4/h5-11H,12H2,1-4H3,(H,23,26). The molecule has 1 heterocycles. The minimum Gasteiger partial charge on any atom is -0.493 e. The van der Waals surface area contributed by atoms with Crippen LogP contribution in [0.1, 0.15) is 27.3 Å². The zero-order valence-electron chi connectivity index (χ0n) is 16.2. The zero-order chi connectivity index (χ0) is 20.3. The molecule has 0 spiro atoms. The number of carbonyl (C=O) groups excluding carboxylic acids is 1. The van der Waals surface area contributed by atoms with Gasteiger partial charge in [0.1, 0.15) is 5.82 Å². The van der Waals surface area contributed by atoms with Gasteiger partial charge in [0.25, 0.3) is 5.91 Å². The fourth-order valence-corrected chi connectivity index (χ4v) is 3.07. The van der Waals surface area contributed by atoms with Gasteiger partial charge in [0.2, 0.25) is 0 Å². The van der Waals surface area contributed by atoms with E-state index in [0.717, 1.165) is 5.69 Å². The number of methoxy groups -OCH3 is 2. The first-order chi connectivity index (χ1) is 13.5. The molecule has 0 aliphatic heterocycles. The van der Waals surface area contributed by atoms with Crippen LogP contribution in [-0.2, 0) is 6.54 Å². The SMILES string of the molecule is COc1cccc(C(=O)Nc2c(C)nn(Cc3ccccc3F)c2C)c1OC. The van der Waals surface area contributed by atoms with Crippen molar-refractivity contribution in [3.05, 3.63) is 70.8 Å². The Morgan fingerprint density at radius 3 is 2.54 bits per heavy atom. The maximum absolute atomic E-state index is 14.0. The van der Waals surface area contributed by atoms with Gasteiger partial charge in [0.15, 0.2) is 11.5 Å². The molecule has 0 fully saturated rings. The van der Waals surface area contributed by atoms with Crippen molar-refractivity contribution in [3.63, 3.8) is 0 Å². The molecule has 0 bridgehead atoms. The minimum atomic E-state index is -0.340. The van der Waals surface area contributed by atoms with Gasteiger partial charge in [-0.15, -0.1) is 0 Å². The quantitative estimate of drug-likeness (QED) is 0.700. The molecule has 7 heteroatoms. The molecule has 1 amide bonds. The third-order valence-electron chi connectivity index (χ3n) is 4.55. The lowest BCUT2D eigenvalue weighted by Gasteiger charge is -2.13. The van der Waals surface area contributed by atoms with Crippen molar-refractivity contribution >= 4 is 11.6 Å². The molecule has 0 unspecified atom stereocenters. The third-order valence-corrected chi connectivity index (χ3v) is 4.55. The molecule has 6 nitrogen and oxygen atoms in total. The van der Waals surface area contributed by atoms with Crippen molar-refractivity contribution in [2.75, 3.05) is 19.5 Å². The molecule has 146 valence electrons. The number of hydrogen-bond donors (Lipinski definition) is 1. The summed E-state index contributed by atoms with van der Waals surface area (Å²) in [5, 5.41) is 7.34. The van der Waals surface area contributed by atoms with Crippen LogP contribution in [0.5, 0.6) is 11.5 Å². The van der Waals surface area contributed by atoms with Gasteiger partial charge < -0.3 is 14.8 Å². The topological polar surface area (TPSA) is 65.4 Å². The fraction of sp³-hybridized carbons (Fsp3) is 0.238. The highest BCUT2D eigenvalue weighted by Crippen LogP contribution is 2.32. The lowest BCUT2D eigenvalue weighted by atomic mass is 10.1. The van der Waals surface area contributed by atoms with Crippen LogP contribution in [-0.4, -0.2) is 29.9 Å². The van der Waals surface area contributed by atoms with E-state index in [1.54, 1.807) is 48.0 Å². The highest BCUT2D eigenvalue weighted by atomic mass is 19.1. The lowest BCUT2D eigenvalue weighted by molar-refractivity contribution is 0.102. The summed E-state index contributed by atoms with van der Waals surface area (Å²) in [6.45, 7) is 3.90. The maximum atomic E-state index is 14.0. The van der Waals surface area contributed by atoms with E-state index in [0.29, 0.717) is 34.0 Å². The first kappa shape index (κ1) is 19.4. The summed E-state index contributed by atoms with van der Waals surface area (Å²) < 4.78 is 26.2. The Labute approximate surface area is 162 Å². The molecule has 3 aromatic rings. The number of para-hydroxylation sites is 1. The number of rotatable bonds is 6. The number of carbonyl (C=O) groups is 1. The summed E-state index contributed by atoms with van der Waals surface area (Å²) in [5.41, 5.74) is 2.84. The van der Waals surface area contributed by atoms with Crippen LogP contribution < -0.4 is 14.8 Å². The average molecular weight is 383 g/mol. The molecule has 0 atom stereocenters. The third kappa shape index (κ3) is 3.69. The van der Waals surface area contributed by atoms with E-state index >= 15 is 0 Å². The summed E-state index contributed by atoms with van der Waals surface area (Å²) in [7, 11) is 3.00. The number of nitrogens with zero attached hydrogens (tertiary/aromatic N) is 2. The van der Waals surface area contributed by atoms with Gasteiger partial charge in [-0.25, -0.2) is 4.39 Å². The molecule has 28 heavy (non-hydrogen) atoms. The molecule has 0 aliphatic rings. The van der Waals surface area contributed by atoms with Gasteiger partial charge >= 0.3 is 0 Å². The van der Waals surface area contributed by atoms with Crippen LogP contribution in [0.4, 0.5) is 10.1 Å². The van der Waals surface area contributed by atoms with E-state index in [4.69, 9.17) is 9.47 Å². The fourth-order valence-electron chi connectivity index (χ4n) is 3.07. The van der Waals surface area contributed by atoms with Gasteiger partial charge in [0, 0.05) is 5.56 Å². The van der Waals surface area contributed by atoms with Crippen LogP contribution in [0.3, 0.4) is 0 Å². The Balaban J connectivity index is 1.89. The zero-order valence-corrected chi connectivity index (χ0v) is 16.2. The Kier molecular flexibility index (Phi) is 5.63. The van der Waals surface area contributed by atoms with Gasteiger partial charge in [-0.1, -0.05) is 24.3 Å². The molecule has 1 aromatic heterocycles. The molecule has 2 aromatic carbocycles. The largest absolute Gasteiger partial charge is 0.493 e. The molecule has 0 saturated carbocycles. The van der Waals surface area contributed by atoms with E-state index in [2.05, 4.69) is 10.4 Å². The first-order valence-corrected chi connectivity index (χ1v) is 8.76. The van der Waals surface area contributed by atoms with E-state index in [1.165, 1.54) is 20.3 Å². The number of aromatic nitrogens is 2. The number of benzene rings is 2. The van der Waals surface area contributed by atoms with Crippen molar-refractivity contribution in [2.24, 2.45) is 0 Å². The van der Waals surface area contributed by atoms with E-state index < -0.39 is 0 Å². The van der Waals surface area contributed by atoms with Gasteiger partial charge in [-0.3, -0.25) is 9.48 Å². The second-order valence-corrected chi connectivity index (χ2v) is 6.29. The number of halogens is 1. The van der Waals surface area contributed by atoms with Crippen LogP contribution in [0, 0.1) is 19.7 Å². The maximum Gasteiger partial charge on any atom is 0.259 e. The number of hydrogen-bond acceptors (Lipinski definition) is 4. The molecule has 0 aliphatic carbocycles. The van der Waals surface area contributed by atoms with Crippen molar-refractivity contribution in [3.8, 4) is 11.5 Å². The van der Waals surface area contributed by atoms with Crippen LogP contribution in [0.2, 0.25) is 0 Å². The van der Waals surface area contributed by atoms with Crippen molar-refractivity contribution in [1.29, 1.82) is 0 Å². The predicted molar refractivity (Wildman–Crippen MR) is 105 cm³/mol. The molecule has 3 rings (SSSR count). The second kappa shape index (κ2) is 8.12. The predicted octanol–water partition coefficient (Wildman–Crippen LogP) is 3.96. The smallest absolute Gasteiger partial charge is 0.259 e. The number of aryl methyl sites for hydroxylation is 1. The minimum absolute atomic E-state index is 0.275. The Bertz CT molecular complexity index is 1010. The molecular weight excluding hydrogens is 361 g/mol.